The fraction of sp³-hybridized carbons (Fsp3) is 0.417. The highest BCUT2D eigenvalue weighted by Gasteiger charge is 2.29. The van der Waals surface area contributed by atoms with Crippen molar-refractivity contribution in [2.24, 2.45) is 5.92 Å². The lowest BCUT2D eigenvalue weighted by atomic mass is 10.2. The average molecular weight is 276 g/mol. The molecule has 1 atom stereocenters. The number of carbonyl (C=O) groups is 1. The highest BCUT2D eigenvalue weighted by Crippen LogP contribution is 2.32. The van der Waals surface area contributed by atoms with Crippen LogP contribution in [0.25, 0.3) is 0 Å². The van der Waals surface area contributed by atoms with Crippen molar-refractivity contribution >= 4 is 17.5 Å². The molecule has 18 heavy (non-hydrogen) atoms. The number of hydrogen-bond donors (Lipinski definition) is 2. The van der Waals surface area contributed by atoms with Gasteiger partial charge in [0, 0.05) is 6.54 Å². The molecule has 3 nitrogen and oxygen atoms in total. The summed E-state index contributed by atoms with van der Waals surface area (Å²) in [5.41, 5.74) is -0.140. The van der Waals surface area contributed by atoms with Crippen LogP contribution in [0.2, 0.25) is 5.02 Å². The van der Waals surface area contributed by atoms with E-state index in [-0.39, 0.29) is 23.0 Å². The summed E-state index contributed by atoms with van der Waals surface area (Å²) >= 11 is 5.66. The van der Waals surface area contributed by atoms with Crippen LogP contribution in [-0.4, -0.2) is 23.7 Å². The highest BCUT2D eigenvalue weighted by molar-refractivity contribution is 6.33. The predicted octanol–water partition coefficient (Wildman–Crippen LogP) is 2.12. The van der Waals surface area contributed by atoms with Crippen molar-refractivity contribution in [3.63, 3.8) is 0 Å². The first-order chi connectivity index (χ1) is 8.49. The third-order valence-corrected chi connectivity index (χ3v) is 3.21. The van der Waals surface area contributed by atoms with Crippen molar-refractivity contribution in [1.29, 1.82) is 0 Å². The molecule has 6 heteroatoms. The first kappa shape index (κ1) is 13.2. The second-order valence-electron chi connectivity index (χ2n) is 4.36. The van der Waals surface area contributed by atoms with Gasteiger partial charge in [0.1, 0.15) is 0 Å². The number of rotatable bonds is 4. The number of aliphatic hydroxyl groups excluding tert-OH is 1. The number of benzene rings is 1. The fourth-order valence-electron chi connectivity index (χ4n) is 1.64. The van der Waals surface area contributed by atoms with Crippen LogP contribution in [0.3, 0.4) is 0 Å². The van der Waals surface area contributed by atoms with Crippen LogP contribution in [0.4, 0.5) is 8.78 Å². The van der Waals surface area contributed by atoms with Crippen LogP contribution in [-0.2, 0) is 0 Å². The summed E-state index contributed by atoms with van der Waals surface area (Å²) in [6, 6.07) is 1.50. The highest BCUT2D eigenvalue weighted by atomic mass is 35.5. The van der Waals surface area contributed by atoms with E-state index >= 15 is 0 Å². The molecule has 1 fully saturated rings. The molecule has 1 aliphatic carbocycles. The van der Waals surface area contributed by atoms with Crippen molar-refractivity contribution in [1.82, 2.24) is 5.32 Å². The number of hydrogen-bond acceptors (Lipinski definition) is 2. The lowest BCUT2D eigenvalue weighted by Gasteiger charge is -2.11. The molecule has 1 saturated carbocycles. The molecule has 98 valence electrons. The van der Waals surface area contributed by atoms with Crippen LogP contribution in [0.15, 0.2) is 12.1 Å². The quantitative estimate of drug-likeness (QED) is 0.827. The maximum absolute atomic E-state index is 13.0. The molecule has 0 saturated heterocycles. The minimum atomic E-state index is -1.13. The van der Waals surface area contributed by atoms with E-state index in [1.807, 2.05) is 0 Å². The summed E-state index contributed by atoms with van der Waals surface area (Å²) in [6.07, 6.45) is 1.30. The van der Waals surface area contributed by atoms with E-state index in [2.05, 4.69) is 5.32 Å². The minimum absolute atomic E-state index is 0.0822. The number of amides is 1. The molecule has 2 N–H and O–H groups in total. The van der Waals surface area contributed by atoms with Gasteiger partial charge in [-0.25, -0.2) is 8.78 Å². The van der Waals surface area contributed by atoms with Crippen LogP contribution in [0.1, 0.15) is 23.2 Å². The zero-order valence-electron chi connectivity index (χ0n) is 9.42. The van der Waals surface area contributed by atoms with Crippen LogP contribution >= 0.6 is 11.6 Å². The van der Waals surface area contributed by atoms with Gasteiger partial charge in [-0.05, 0) is 30.9 Å². The Balaban J connectivity index is 2.01. The monoisotopic (exact) mass is 275 g/mol. The zero-order valence-corrected chi connectivity index (χ0v) is 10.2. The molecule has 2 rings (SSSR count). The standard InChI is InChI=1S/C12H12ClF2NO2/c13-8-4-10(15)9(14)3-7(8)12(18)16-5-11(17)6-1-2-6/h3-4,6,11,17H,1-2,5H2,(H,16,18). The van der Waals surface area contributed by atoms with Gasteiger partial charge in [-0.1, -0.05) is 11.6 Å². The van der Waals surface area contributed by atoms with E-state index in [1.165, 1.54) is 0 Å². The van der Waals surface area contributed by atoms with E-state index < -0.39 is 23.6 Å². The Morgan fingerprint density at radius 1 is 1.44 bits per heavy atom. The Kier molecular flexibility index (Phi) is 3.82. The molecule has 0 spiro atoms. The van der Waals surface area contributed by atoms with Crippen LogP contribution in [0, 0.1) is 17.6 Å². The van der Waals surface area contributed by atoms with E-state index in [4.69, 9.17) is 11.6 Å². The normalized spacial score (nSPS) is 16.4. The Morgan fingerprint density at radius 2 is 2.06 bits per heavy atom. The van der Waals surface area contributed by atoms with E-state index in [1.54, 1.807) is 0 Å². The third-order valence-electron chi connectivity index (χ3n) is 2.89. The van der Waals surface area contributed by atoms with Crippen LogP contribution in [0.5, 0.6) is 0 Å². The van der Waals surface area contributed by atoms with E-state index in [0.717, 1.165) is 25.0 Å². The minimum Gasteiger partial charge on any atom is -0.391 e. The summed E-state index contributed by atoms with van der Waals surface area (Å²) in [7, 11) is 0. The number of nitrogens with one attached hydrogen (secondary N) is 1. The summed E-state index contributed by atoms with van der Waals surface area (Å²) in [6.45, 7) is 0.0822. The van der Waals surface area contributed by atoms with Gasteiger partial charge in [-0.2, -0.15) is 0 Å². The Morgan fingerprint density at radius 3 is 2.67 bits per heavy atom. The Hall–Kier alpha value is -1.20. The molecule has 1 aromatic rings. The molecule has 1 unspecified atom stereocenters. The van der Waals surface area contributed by atoms with Gasteiger partial charge < -0.3 is 10.4 Å². The summed E-state index contributed by atoms with van der Waals surface area (Å²) in [5.74, 6) is -2.63. The topological polar surface area (TPSA) is 49.3 Å². The first-order valence-electron chi connectivity index (χ1n) is 5.60. The third kappa shape index (κ3) is 2.97. The average Bonchev–Trinajstić information content (AvgIpc) is 3.14. The van der Waals surface area contributed by atoms with Crippen LogP contribution < -0.4 is 5.32 Å². The fourth-order valence-corrected chi connectivity index (χ4v) is 1.87. The smallest absolute Gasteiger partial charge is 0.252 e. The largest absolute Gasteiger partial charge is 0.391 e. The summed E-state index contributed by atoms with van der Waals surface area (Å²) < 4.78 is 25.8. The SMILES string of the molecule is O=C(NCC(O)C1CC1)c1cc(F)c(F)cc1Cl. The van der Waals surface area contributed by atoms with Crippen molar-refractivity contribution in [2.45, 2.75) is 18.9 Å². The molecule has 0 heterocycles. The molecule has 1 aromatic carbocycles. The maximum Gasteiger partial charge on any atom is 0.252 e. The van der Waals surface area contributed by atoms with Crippen molar-refractivity contribution in [3.05, 3.63) is 34.4 Å². The van der Waals surface area contributed by atoms with Crippen molar-refractivity contribution in [2.75, 3.05) is 6.54 Å². The second-order valence-corrected chi connectivity index (χ2v) is 4.77. The van der Waals surface area contributed by atoms with Gasteiger partial charge in [0.15, 0.2) is 11.6 Å². The van der Waals surface area contributed by atoms with Gasteiger partial charge in [-0.3, -0.25) is 4.79 Å². The lowest BCUT2D eigenvalue weighted by Crippen LogP contribution is -2.33. The molecule has 1 aliphatic rings. The number of halogens is 3. The maximum atomic E-state index is 13.0. The van der Waals surface area contributed by atoms with Crippen molar-refractivity contribution < 1.29 is 18.7 Å². The second kappa shape index (κ2) is 5.20. The molecule has 0 bridgehead atoms. The van der Waals surface area contributed by atoms with Crippen molar-refractivity contribution in [3.8, 4) is 0 Å². The molecule has 0 aromatic heterocycles. The molecule has 0 radical (unpaired) electrons. The molecule has 0 aliphatic heterocycles. The first-order valence-corrected chi connectivity index (χ1v) is 5.97. The number of aliphatic hydroxyl groups is 1. The Bertz CT molecular complexity index is 477. The van der Waals surface area contributed by atoms with Gasteiger partial charge in [0.2, 0.25) is 0 Å². The van der Waals surface area contributed by atoms with Gasteiger partial charge >= 0.3 is 0 Å². The lowest BCUT2D eigenvalue weighted by molar-refractivity contribution is 0.0901. The zero-order chi connectivity index (χ0) is 13.3. The number of carbonyl (C=O) groups excluding carboxylic acids is 1. The van der Waals surface area contributed by atoms with Gasteiger partial charge in [-0.15, -0.1) is 0 Å². The van der Waals surface area contributed by atoms with E-state index in [9.17, 15) is 18.7 Å². The molecule has 1 amide bonds. The van der Waals surface area contributed by atoms with E-state index in [0.29, 0.717) is 0 Å². The summed E-state index contributed by atoms with van der Waals surface area (Å²) in [5, 5.41) is 11.9. The molecular formula is C12H12ClF2NO2. The van der Waals surface area contributed by atoms with Gasteiger partial charge in [0.25, 0.3) is 5.91 Å². The predicted molar refractivity (Wildman–Crippen MR) is 62.4 cm³/mol. The van der Waals surface area contributed by atoms with Gasteiger partial charge in [0.05, 0.1) is 16.7 Å². The summed E-state index contributed by atoms with van der Waals surface area (Å²) in [4.78, 5) is 11.7. The molecular weight excluding hydrogens is 264 g/mol. The Labute approximate surface area is 108 Å².